The lowest BCUT2D eigenvalue weighted by atomic mass is 9.73. The van der Waals surface area contributed by atoms with E-state index in [1.807, 2.05) is 19.9 Å². The highest BCUT2D eigenvalue weighted by atomic mass is 16.5. The number of Topliss-reactive ketones (excluding diaryl/α,β-unsaturated/α-hetero) is 1. The van der Waals surface area contributed by atoms with Gasteiger partial charge >= 0.3 is 0 Å². The smallest absolute Gasteiger partial charge is 0.170 e. The van der Waals surface area contributed by atoms with Crippen molar-refractivity contribution in [2.24, 2.45) is 11.3 Å². The van der Waals surface area contributed by atoms with E-state index in [1.54, 1.807) is 12.4 Å². The van der Waals surface area contributed by atoms with E-state index >= 15 is 0 Å². The number of aromatic nitrogens is 1. The van der Waals surface area contributed by atoms with Crippen LogP contribution in [0.2, 0.25) is 0 Å². The first-order valence-corrected chi connectivity index (χ1v) is 8.09. The Morgan fingerprint density at radius 1 is 1.24 bits per heavy atom. The van der Waals surface area contributed by atoms with Gasteiger partial charge in [0.1, 0.15) is 5.75 Å². The standard InChI is InChI=1S/C18H27NO2/c1-13(2)10-18(7-5-6-8-18)17(20)15-9-16(12-19-11-15)21-14(3)4/h9,11-14H,5-8,10H2,1-4H3. The number of rotatable bonds is 6. The molecular formula is C18H27NO2. The molecule has 1 heterocycles. The van der Waals surface area contributed by atoms with Gasteiger partial charge in [-0.2, -0.15) is 0 Å². The molecule has 1 aliphatic carbocycles. The van der Waals surface area contributed by atoms with E-state index in [0.717, 1.165) is 32.1 Å². The molecule has 1 fully saturated rings. The van der Waals surface area contributed by atoms with Gasteiger partial charge < -0.3 is 4.74 Å². The number of hydrogen-bond acceptors (Lipinski definition) is 3. The second-order valence-corrected chi connectivity index (χ2v) is 6.99. The minimum atomic E-state index is -0.174. The Balaban J connectivity index is 2.24. The van der Waals surface area contributed by atoms with Gasteiger partial charge in [0.25, 0.3) is 0 Å². The molecule has 1 aliphatic rings. The maximum Gasteiger partial charge on any atom is 0.170 e. The van der Waals surface area contributed by atoms with E-state index in [1.165, 1.54) is 0 Å². The summed E-state index contributed by atoms with van der Waals surface area (Å²) in [6.45, 7) is 8.35. The lowest BCUT2D eigenvalue weighted by Crippen LogP contribution is -2.30. The molecule has 1 saturated carbocycles. The average Bonchev–Trinajstić information content (AvgIpc) is 2.86. The Morgan fingerprint density at radius 2 is 1.90 bits per heavy atom. The second kappa shape index (κ2) is 6.59. The van der Waals surface area contributed by atoms with E-state index in [9.17, 15) is 4.79 Å². The summed E-state index contributed by atoms with van der Waals surface area (Å²) in [7, 11) is 0. The van der Waals surface area contributed by atoms with Gasteiger partial charge in [-0.1, -0.05) is 26.7 Å². The molecule has 21 heavy (non-hydrogen) atoms. The van der Waals surface area contributed by atoms with Crippen molar-refractivity contribution in [1.29, 1.82) is 0 Å². The number of ether oxygens (including phenoxy) is 1. The topological polar surface area (TPSA) is 39.2 Å². The van der Waals surface area contributed by atoms with Crippen LogP contribution in [-0.4, -0.2) is 16.9 Å². The summed E-state index contributed by atoms with van der Waals surface area (Å²) in [5.74, 6) is 1.49. The quantitative estimate of drug-likeness (QED) is 0.715. The Bertz CT molecular complexity index is 488. The number of carbonyl (C=O) groups excluding carboxylic acids is 1. The minimum Gasteiger partial charge on any atom is -0.489 e. The van der Waals surface area contributed by atoms with Crippen LogP contribution in [0.25, 0.3) is 0 Å². The molecule has 0 amide bonds. The van der Waals surface area contributed by atoms with E-state index in [0.29, 0.717) is 17.2 Å². The van der Waals surface area contributed by atoms with Crippen molar-refractivity contribution < 1.29 is 9.53 Å². The highest BCUT2D eigenvalue weighted by Gasteiger charge is 2.41. The third-order valence-corrected chi connectivity index (χ3v) is 4.19. The second-order valence-electron chi connectivity index (χ2n) is 6.99. The SMILES string of the molecule is CC(C)CC1(C(=O)c2cncc(OC(C)C)c2)CCCC1. The van der Waals surface area contributed by atoms with Crippen molar-refractivity contribution in [3.63, 3.8) is 0 Å². The van der Waals surface area contributed by atoms with E-state index in [4.69, 9.17) is 4.74 Å². The van der Waals surface area contributed by atoms with Crippen molar-refractivity contribution in [2.75, 3.05) is 0 Å². The lowest BCUT2D eigenvalue weighted by Gasteiger charge is -2.29. The van der Waals surface area contributed by atoms with Crippen LogP contribution in [0, 0.1) is 11.3 Å². The summed E-state index contributed by atoms with van der Waals surface area (Å²) in [5.41, 5.74) is 0.530. The van der Waals surface area contributed by atoms with Gasteiger partial charge in [0.05, 0.1) is 12.3 Å². The molecule has 0 saturated heterocycles. The van der Waals surface area contributed by atoms with Crippen molar-refractivity contribution in [1.82, 2.24) is 4.98 Å². The van der Waals surface area contributed by atoms with Gasteiger partial charge in [-0.25, -0.2) is 0 Å². The molecule has 116 valence electrons. The Kier molecular flexibility index (Phi) is 5.02. The van der Waals surface area contributed by atoms with E-state index in [-0.39, 0.29) is 17.3 Å². The Morgan fingerprint density at radius 3 is 2.48 bits per heavy atom. The van der Waals surface area contributed by atoms with E-state index < -0.39 is 0 Å². The fourth-order valence-corrected chi connectivity index (χ4v) is 3.54. The first-order chi connectivity index (χ1) is 9.93. The molecular weight excluding hydrogens is 262 g/mol. The summed E-state index contributed by atoms with van der Waals surface area (Å²) in [5, 5.41) is 0. The number of pyridine rings is 1. The maximum absolute atomic E-state index is 13.0. The van der Waals surface area contributed by atoms with Crippen LogP contribution in [0.15, 0.2) is 18.5 Å². The molecule has 0 unspecified atom stereocenters. The Labute approximate surface area is 128 Å². The molecule has 0 spiro atoms. The van der Waals surface area contributed by atoms with Gasteiger partial charge in [-0.05, 0) is 45.1 Å². The largest absolute Gasteiger partial charge is 0.489 e. The van der Waals surface area contributed by atoms with Crippen LogP contribution in [0.3, 0.4) is 0 Å². The molecule has 0 radical (unpaired) electrons. The van der Waals surface area contributed by atoms with Gasteiger partial charge in [0.2, 0.25) is 0 Å². The molecule has 3 nitrogen and oxygen atoms in total. The zero-order valence-electron chi connectivity index (χ0n) is 13.7. The summed E-state index contributed by atoms with van der Waals surface area (Å²) >= 11 is 0. The molecule has 0 atom stereocenters. The summed E-state index contributed by atoms with van der Waals surface area (Å²) < 4.78 is 5.67. The maximum atomic E-state index is 13.0. The molecule has 0 aliphatic heterocycles. The fraction of sp³-hybridized carbons (Fsp3) is 0.667. The average molecular weight is 289 g/mol. The van der Waals surface area contributed by atoms with Crippen LogP contribution in [0.5, 0.6) is 5.75 Å². The van der Waals surface area contributed by atoms with Crippen molar-refractivity contribution in [3.05, 3.63) is 24.0 Å². The fourth-order valence-electron chi connectivity index (χ4n) is 3.54. The first kappa shape index (κ1) is 16.0. The highest BCUT2D eigenvalue weighted by molar-refractivity contribution is 6.00. The monoisotopic (exact) mass is 289 g/mol. The van der Waals surface area contributed by atoms with Gasteiger partial charge in [0, 0.05) is 17.2 Å². The van der Waals surface area contributed by atoms with E-state index in [2.05, 4.69) is 18.8 Å². The van der Waals surface area contributed by atoms with Gasteiger partial charge in [-0.3, -0.25) is 9.78 Å². The molecule has 3 heteroatoms. The van der Waals surface area contributed by atoms with Crippen LogP contribution in [0.1, 0.15) is 70.2 Å². The van der Waals surface area contributed by atoms with Crippen LogP contribution >= 0.6 is 0 Å². The number of hydrogen-bond donors (Lipinski definition) is 0. The molecule has 0 bridgehead atoms. The van der Waals surface area contributed by atoms with Crippen LogP contribution in [0.4, 0.5) is 0 Å². The third kappa shape index (κ3) is 3.84. The summed E-state index contributed by atoms with van der Waals surface area (Å²) in [4.78, 5) is 17.2. The molecule has 1 aromatic heterocycles. The Hall–Kier alpha value is -1.38. The van der Waals surface area contributed by atoms with Gasteiger partial charge in [0.15, 0.2) is 5.78 Å². The van der Waals surface area contributed by atoms with Crippen LogP contribution < -0.4 is 4.74 Å². The highest BCUT2D eigenvalue weighted by Crippen LogP contribution is 2.45. The number of carbonyl (C=O) groups is 1. The summed E-state index contributed by atoms with van der Waals surface area (Å²) in [6, 6.07) is 1.86. The molecule has 0 aromatic carbocycles. The predicted molar refractivity (Wildman–Crippen MR) is 84.7 cm³/mol. The van der Waals surface area contributed by atoms with Crippen molar-refractivity contribution >= 4 is 5.78 Å². The van der Waals surface area contributed by atoms with Crippen LogP contribution in [-0.2, 0) is 0 Å². The third-order valence-electron chi connectivity index (χ3n) is 4.19. The zero-order valence-corrected chi connectivity index (χ0v) is 13.7. The minimum absolute atomic E-state index is 0.0910. The first-order valence-electron chi connectivity index (χ1n) is 8.09. The number of nitrogens with zero attached hydrogens (tertiary/aromatic N) is 1. The zero-order chi connectivity index (χ0) is 15.5. The normalized spacial score (nSPS) is 17.4. The van der Waals surface area contributed by atoms with Gasteiger partial charge in [-0.15, -0.1) is 0 Å². The molecule has 0 N–H and O–H groups in total. The number of ketones is 1. The summed E-state index contributed by atoms with van der Waals surface area (Å²) in [6.07, 6.45) is 8.78. The molecule has 2 rings (SSSR count). The molecule has 1 aromatic rings. The predicted octanol–water partition coefficient (Wildman–Crippen LogP) is 4.66. The lowest BCUT2D eigenvalue weighted by molar-refractivity contribution is 0.0758. The van der Waals surface area contributed by atoms with Crippen molar-refractivity contribution in [2.45, 2.75) is 65.9 Å². The van der Waals surface area contributed by atoms with Crippen molar-refractivity contribution in [3.8, 4) is 5.75 Å².